The molecule has 1 saturated heterocycles. The number of ether oxygens (including phenoxy) is 1. The predicted molar refractivity (Wildman–Crippen MR) is 49.2 cm³/mol. The summed E-state index contributed by atoms with van der Waals surface area (Å²) < 4.78 is 5.95. The highest BCUT2D eigenvalue weighted by Gasteiger charge is 2.43. The Morgan fingerprint density at radius 1 is 1.44 bits per heavy atom. The molecule has 9 nitrogen and oxygen atoms in total. The largest absolute Gasteiger partial charge is 0.385 e. The van der Waals surface area contributed by atoms with Gasteiger partial charge in [0.15, 0.2) is 18.4 Å². The summed E-state index contributed by atoms with van der Waals surface area (Å²) in [6.07, 6.45) is -4.07. The van der Waals surface area contributed by atoms with Crippen LogP contribution in [0, 0.1) is 5.41 Å². The Bertz CT molecular complexity index is 407. The predicted octanol–water partition coefficient (Wildman–Crippen LogP) is -2.87. The third kappa shape index (κ3) is 1.65. The summed E-state index contributed by atoms with van der Waals surface area (Å²) in [4.78, 5) is 3.69. The van der Waals surface area contributed by atoms with Gasteiger partial charge in [-0.1, -0.05) is 0 Å². The van der Waals surface area contributed by atoms with Gasteiger partial charge in [-0.2, -0.15) is 0 Å². The average molecular weight is 229 g/mol. The number of aliphatic hydroxyl groups excluding tert-OH is 3. The Labute approximate surface area is 89.6 Å². The molecule has 88 valence electrons. The van der Waals surface area contributed by atoms with Crippen LogP contribution in [0.2, 0.25) is 0 Å². The Kier molecular flexibility index (Phi) is 2.59. The molecule has 9 heteroatoms. The van der Waals surface area contributed by atoms with Crippen molar-refractivity contribution in [3.05, 3.63) is 12.2 Å². The Balaban J connectivity index is 2.21. The molecule has 1 fully saturated rings. The molecule has 1 aliphatic heterocycles. The molecule has 0 aliphatic carbocycles. The van der Waals surface area contributed by atoms with E-state index in [9.17, 15) is 10.2 Å². The lowest BCUT2D eigenvalue weighted by Crippen LogP contribution is -2.31. The lowest BCUT2D eigenvalue weighted by Gasteiger charge is -2.13. The van der Waals surface area contributed by atoms with Gasteiger partial charge in [-0.25, -0.2) is 9.67 Å². The van der Waals surface area contributed by atoms with Crippen LogP contribution in [0.15, 0.2) is 6.33 Å². The van der Waals surface area contributed by atoms with E-state index >= 15 is 0 Å². The molecule has 0 amide bonds. The van der Waals surface area contributed by atoms with E-state index in [1.165, 1.54) is 6.33 Å². The van der Waals surface area contributed by atoms with Gasteiger partial charge in [0.1, 0.15) is 18.5 Å². The fraction of sp³-hybridized carbons (Fsp3) is 0.571. The van der Waals surface area contributed by atoms with E-state index in [0.717, 1.165) is 4.68 Å². The number of rotatable bonds is 2. The van der Waals surface area contributed by atoms with Crippen molar-refractivity contribution < 1.29 is 20.1 Å². The zero-order valence-corrected chi connectivity index (χ0v) is 8.06. The average Bonchev–Trinajstić information content (AvgIpc) is 2.79. The van der Waals surface area contributed by atoms with Crippen molar-refractivity contribution in [2.45, 2.75) is 24.7 Å². The quantitative estimate of drug-likeness (QED) is 0.270. The van der Waals surface area contributed by atoms with Gasteiger partial charge in [0.25, 0.3) is 0 Å². The molecule has 0 spiro atoms. The summed E-state index contributed by atoms with van der Waals surface area (Å²) in [5.41, 5.74) is 5.16. The fourth-order valence-corrected chi connectivity index (χ4v) is 1.38. The number of nitrogens with two attached hydrogens (primary N) is 1. The molecule has 2 heterocycles. The van der Waals surface area contributed by atoms with Crippen molar-refractivity contribution >= 4 is 5.84 Å². The van der Waals surface area contributed by atoms with Crippen LogP contribution in [0.4, 0.5) is 0 Å². The van der Waals surface area contributed by atoms with Crippen LogP contribution in [0.3, 0.4) is 0 Å². The zero-order valence-electron chi connectivity index (χ0n) is 8.06. The number of nitrogens with one attached hydrogen (secondary N) is 1. The van der Waals surface area contributed by atoms with Crippen molar-refractivity contribution in [2.75, 3.05) is 0 Å². The van der Waals surface area contributed by atoms with Crippen LogP contribution in [-0.2, 0) is 4.74 Å². The second-order valence-electron chi connectivity index (χ2n) is 3.36. The molecule has 16 heavy (non-hydrogen) atoms. The maximum atomic E-state index is 9.52. The number of hydrogen-bond donors (Lipinski definition) is 5. The van der Waals surface area contributed by atoms with Gasteiger partial charge in [0.05, 0.1) is 0 Å². The minimum Gasteiger partial charge on any atom is -0.385 e. The van der Waals surface area contributed by atoms with E-state index in [2.05, 4.69) is 10.1 Å². The summed E-state index contributed by atoms with van der Waals surface area (Å²) in [5, 5.41) is 38.8. The van der Waals surface area contributed by atoms with Gasteiger partial charge >= 0.3 is 0 Å². The van der Waals surface area contributed by atoms with E-state index in [1.807, 2.05) is 0 Å². The maximum absolute atomic E-state index is 9.52. The number of aromatic nitrogens is 3. The highest BCUT2D eigenvalue weighted by atomic mass is 16.7. The van der Waals surface area contributed by atoms with Gasteiger partial charge in [-0.05, 0) is 0 Å². The van der Waals surface area contributed by atoms with Crippen LogP contribution >= 0.6 is 0 Å². The first-order valence-corrected chi connectivity index (χ1v) is 4.46. The topological polar surface area (TPSA) is 150 Å². The van der Waals surface area contributed by atoms with E-state index < -0.39 is 24.7 Å². The number of aliphatic hydroxyl groups is 3. The van der Waals surface area contributed by atoms with Gasteiger partial charge in [0.2, 0.25) is 5.82 Å². The van der Waals surface area contributed by atoms with Crippen LogP contribution < -0.4 is 5.73 Å². The molecule has 0 unspecified atom stereocenters. The molecule has 0 bridgehead atoms. The van der Waals surface area contributed by atoms with Crippen LogP contribution in [0.25, 0.3) is 0 Å². The van der Waals surface area contributed by atoms with Gasteiger partial charge in [-0.15, -0.1) is 5.10 Å². The maximum Gasteiger partial charge on any atom is 0.215 e. The van der Waals surface area contributed by atoms with Crippen LogP contribution in [0.1, 0.15) is 12.1 Å². The van der Waals surface area contributed by atoms with Crippen molar-refractivity contribution in [3.8, 4) is 0 Å². The molecule has 1 aliphatic rings. The number of hydrogen-bond acceptors (Lipinski definition) is 7. The lowest BCUT2D eigenvalue weighted by atomic mass is 10.2. The SMILES string of the molecule is N=C(N)c1ncn([C@H]2O[C@@H](O)[C@H](O)[C@@H]2O)n1. The van der Waals surface area contributed by atoms with Gasteiger partial charge < -0.3 is 25.8 Å². The first-order valence-electron chi connectivity index (χ1n) is 4.46. The lowest BCUT2D eigenvalue weighted by molar-refractivity contribution is -0.144. The molecular formula is C7H11N5O4. The van der Waals surface area contributed by atoms with Crippen molar-refractivity contribution in [1.29, 1.82) is 5.41 Å². The molecule has 1 aromatic rings. The second-order valence-corrected chi connectivity index (χ2v) is 3.36. The molecule has 4 atom stereocenters. The Morgan fingerprint density at radius 2 is 2.12 bits per heavy atom. The smallest absolute Gasteiger partial charge is 0.215 e. The summed E-state index contributed by atoms with van der Waals surface area (Å²) in [7, 11) is 0. The third-order valence-corrected chi connectivity index (χ3v) is 2.22. The minimum atomic E-state index is -1.48. The Morgan fingerprint density at radius 3 is 2.56 bits per heavy atom. The number of amidine groups is 1. The zero-order chi connectivity index (χ0) is 11.9. The van der Waals surface area contributed by atoms with Gasteiger partial charge in [0, 0.05) is 0 Å². The summed E-state index contributed by atoms with van der Waals surface area (Å²) in [6.45, 7) is 0. The number of nitrogens with zero attached hydrogens (tertiary/aromatic N) is 3. The first-order chi connectivity index (χ1) is 7.50. The van der Waals surface area contributed by atoms with E-state index in [4.69, 9.17) is 21.0 Å². The molecule has 1 aromatic heterocycles. The summed E-state index contributed by atoms with van der Waals surface area (Å²) in [6, 6.07) is 0. The summed E-state index contributed by atoms with van der Waals surface area (Å²) >= 11 is 0. The highest BCUT2D eigenvalue weighted by molar-refractivity contribution is 5.90. The molecule has 0 radical (unpaired) electrons. The molecule has 6 N–H and O–H groups in total. The minimum absolute atomic E-state index is 0.0216. The first kappa shape index (κ1) is 11.0. The summed E-state index contributed by atoms with van der Waals surface area (Å²) in [5.74, 6) is -0.348. The second kappa shape index (κ2) is 3.79. The van der Waals surface area contributed by atoms with Crippen molar-refractivity contribution in [2.24, 2.45) is 5.73 Å². The standard InChI is InChI=1S/C7H11N5O4/c8-4(9)5-10-1-12(11-5)6-2(13)3(14)7(15)16-6/h1-3,6-7,13-15H,(H3,8,9)/t2-,3+,6-,7+/m0/s1. The van der Waals surface area contributed by atoms with Crippen molar-refractivity contribution in [1.82, 2.24) is 14.8 Å². The fourth-order valence-electron chi connectivity index (χ4n) is 1.38. The van der Waals surface area contributed by atoms with Gasteiger partial charge in [-0.3, -0.25) is 5.41 Å². The number of nitrogen functional groups attached to an aromatic ring is 1. The molecule has 2 rings (SSSR count). The third-order valence-electron chi connectivity index (χ3n) is 2.22. The monoisotopic (exact) mass is 229 g/mol. The Hall–Kier alpha value is -1.55. The van der Waals surface area contributed by atoms with Crippen LogP contribution in [-0.4, -0.2) is 54.4 Å². The van der Waals surface area contributed by atoms with E-state index in [1.54, 1.807) is 0 Å². The molecular weight excluding hydrogens is 218 g/mol. The highest BCUT2D eigenvalue weighted by Crippen LogP contribution is 2.26. The van der Waals surface area contributed by atoms with Crippen LogP contribution in [0.5, 0.6) is 0 Å². The van der Waals surface area contributed by atoms with Crippen molar-refractivity contribution in [3.63, 3.8) is 0 Å². The molecule has 0 saturated carbocycles. The van der Waals surface area contributed by atoms with E-state index in [0.29, 0.717) is 0 Å². The normalized spacial score (nSPS) is 34.2. The van der Waals surface area contributed by atoms with E-state index in [-0.39, 0.29) is 11.7 Å². The molecule has 0 aromatic carbocycles.